The number of amides is 1. The number of halogens is 1. The molecule has 0 bridgehead atoms. The molecule has 1 atom stereocenters. The molecule has 1 aromatic carbocycles. The zero-order valence-corrected chi connectivity index (χ0v) is 11.5. The number of carbonyl (C=O) groups excluding carboxylic acids is 1. The number of nitrogens with one attached hydrogen (secondary N) is 2. The van der Waals surface area contributed by atoms with Crippen LogP contribution in [0, 0.1) is 6.92 Å². The van der Waals surface area contributed by atoms with Crippen LogP contribution in [0.5, 0.6) is 0 Å². The minimum Gasteiger partial charge on any atom is -0.310 e. The van der Waals surface area contributed by atoms with E-state index < -0.39 is 0 Å². The Kier molecular flexibility index (Phi) is 3.06. The van der Waals surface area contributed by atoms with Crippen molar-refractivity contribution < 1.29 is 4.79 Å². The van der Waals surface area contributed by atoms with Crippen molar-refractivity contribution in [3.63, 3.8) is 0 Å². The van der Waals surface area contributed by atoms with Crippen LogP contribution in [0.25, 0.3) is 0 Å². The van der Waals surface area contributed by atoms with E-state index in [1.54, 1.807) is 13.0 Å². The molecule has 102 valence electrons. The molecule has 0 saturated carbocycles. The highest BCUT2D eigenvalue weighted by molar-refractivity contribution is 6.31. The highest BCUT2D eigenvalue weighted by atomic mass is 35.5. The molecule has 0 spiro atoms. The van der Waals surface area contributed by atoms with Gasteiger partial charge in [-0.1, -0.05) is 29.8 Å². The summed E-state index contributed by atoms with van der Waals surface area (Å²) in [5.41, 5.74) is 0.988. The molecular weight excluding hydrogens is 278 g/mol. The van der Waals surface area contributed by atoms with E-state index in [1.165, 1.54) is 0 Å². The van der Waals surface area contributed by atoms with Crippen LogP contribution in [0.3, 0.4) is 0 Å². The van der Waals surface area contributed by atoms with Crippen molar-refractivity contribution in [2.24, 2.45) is 0 Å². The molecule has 0 saturated heterocycles. The quantitative estimate of drug-likeness (QED) is 0.845. The third-order valence-electron chi connectivity index (χ3n) is 3.35. The van der Waals surface area contributed by atoms with E-state index in [1.807, 2.05) is 18.2 Å². The van der Waals surface area contributed by atoms with E-state index in [9.17, 15) is 9.59 Å². The second-order valence-corrected chi connectivity index (χ2v) is 5.15. The van der Waals surface area contributed by atoms with Crippen LogP contribution in [0.15, 0.2) is 29.1 Å². The second-order valence-electron chi connectivity index (χ2n) is 4.74. The maximum Gasteiger partial charge on any atom is 0.256 e. The summed E-state index contributed by atoms with van der Waals surface area (Å²) in [6, 6.07) is 7.23. The average molecular weight is 290 g/mol. The largest absolute Gasteiger partial charge is 0.310 e. The molecule has 0 fully saturated rings. The highest BCUT2D eigenvalue weighted by Gasteiger charge is 2.31. The van der Waals surface area contributed by atoms with E-state index in [-0.39, 0.29) is 23.8 Å². The lowest BCUT2D eigenvalue weighted by Crippen LogP contribution is -2.31. The number of fused-ring (bicyclic) bond motifs is 1. The molecule has 20 heavy (non-hydrogen) atoms. The number of H-pyrrole nitrogens is 1. The first kappa shape index (κ1) is 12.9. The van der Waals surface area contributed by atoms with Crippen molar-refractivity contribution in [3.8, 4) is 0 Å². The summed E-state index contributed by atoms with van der Waals surface area (Å²) in [5, 5.41) is 3.19. The normalized spacial score (nSPS) is 17.5. The van der Waals surface area contributed by atoms with Gasteiger partial charge in [0.15, 0.2) is 0 Å². The summed E-state index contributed by atoms with van der Waals surface area (Å²) in [7, 11) is 0. The fourth-order valence-electron chi connectivity index (χ4n) is 2.51. The Balaban J connectivity index is 2.23. The number of rotatable bonds is 1. The smallest absolute Gasteiger partial charge is 0.256 e. The Morgan fingerprint density at radius 3 is 2.80 bits per heavy atom. The van der Waals surface area contributed by atoms with Gasteiger partial charge in [0.25, 0.3) is 5.56 Å². The molecule has 5 nitrogen and oxygen atoms in total. The first-order valence-corrected chi connectivity index (χ1v) is 6.59. The standard InChI is InChI=1S/C14H12ClN3O2/c1-7-16-13-12(14(20)17-7)9(6-11(19)18-13)8-4-2-3-5-10(8)15/h2-5,9H,6H2,1H3,(H2,16,17,18,19,20)/t9-/m1/s1. The minimum atomic E-state index is -0.371. The van der Waals surface area contributed by atoms with Crippen LogP contribution in [-0.4, -0.2) is 15.9 Å². The lowest BCUT2D eigenvalue weighted by atomic mass is 9.87. The van der Waals surface area contributed by atoms with Gasteiger partial charge in [-0.05, 0) is 18.6 Å². The van der Waals surface area contributed by atoms with Gasteiger partial charge in [-0.2, -0.15) is 0 Å². The van der Waals surface area contributed by atoms with Crippen LogP contribution in [-0.2, 0) is 4.79 Å². The lowest BCUT2D eigenvalue weighted by Gasteiger charge is -2.24. The SMILES string of the molecule is Cc1nc2c(c(=O)[nH]1)[C@@H](c1ccccc1Cl)CC(=O)N2. The topological polar surface area (TPSA) is 74.8 Å². The van der Waals surface area contributed by atoms with Gasteiger partial charge in [0.1, 0.15) is 11.6 Å². The van der Waals surface area contributed by atoms with Crippen LogP contribution >= 0.6 is 11.6 Å². The Morgan fingerprint density at radius 2 is 2.05 bits per heavy atom. The molecule has 2 aromatic rings. The van der Waals surface area contributed by atoms with Gasteiger partial charge < -0.3 is 10.3 Å². The minimum absolute atomic E-state index is 0.167. The number of aryl methyl sites for hydroxylation is 1. The van der Waals surface area contributed by atoms with Gasteiger partial charge in [0.2, 0.25) is 5.91 Å². The van der Waals surface area contributed by atoms with Crippen molar-refractivity contribution in [1.82, 2.24) is 9.97 Å². The summed E-state index contributed by atoms with van der Waals surface area (Å²) in [6.07, 6.45) is 0.185. The van der Waals surface area contributed by atoms with Crippen LogP contribution in [0.4, 0.5) is 5.82 Å². The van der Waals surface area contributed by atoms with Gasteiger partial charge in [-0.25, -0.2) is 4.98 Å². The number of carbonyl (C=O) groups is 1. The summed E-state index contributed by atoms with van der Waals surface area (Å²) < 4.78 is 0. The average Bonchev–Trinajstić information content (AvgIpc) is 2.37. The van der Waals surface area contributed by atoms with E-state index in [0.717, 1.165) is 5.56 Å². The number of hydrogen-bond acceptors (Lipinski definition) is 3. The molecule has 1 amide bonds. The monoisotopic (exact) mass is 289 g/mol. The zero-order chi connectivity index (χ0) is 14.3. The zero-order valence-electron chi connectivity index (χ0n) is 10.7. The highest BCUT2D eigenvalue weighted by Crippen LogP contribution is 2.36. The Labute approximate surface area is 120 Å². The number of hydrogen-bond donors (Lipinski definition) is 2. The van der Waals surface area contributed by atoms with Gasteiger partial charge in [0.05, 0.1) is 5.56 Å². The molecular formula is C14H12ClN3O2. The van der Waals surface area contributed by atoms with Crippen molar-refractivity contribution in [2.45, 2.75) is 19.3 Å². The van der Waals surface area contributed by atoms with Gasteiger partial charge in [-0.3, -0.25) is 9.59 Å². The van der Waals surface area contributed by atoms with E-state index in [2.05, 4.69) is 15.3 Å². The fourth-order valence-corrected chi connectivity index (χ4v) is 2.77. The fraction of sp³-hybridized carbons (Fsp3) is 0.214. The van der Waals surface area contributed by atoms with Crippen molar-refractivity contribution >= 4 is 23.3 Å². The Bertz CT molecular complexity index is 754. The maximum atomic E-state index is 12.2. The van der Waals surface area contributed by atoms with Crippen LogP contribution < -0.4 is 10.9 Å². The molecule has 1 aliphatic rings. The first-order valence-electron chi connectivity index (χ1n) is 6.21. The maximum absolute atomic E-state index is 12.2. The van der Waals surface area contributed by atoms with Gasteiger partial charge in [0, 0.05) is 17.4 Å². The predicted molar refractivity (Wildman–Crippen MR) is 76.1 cm³/mol. The number of benzene rings is 1. The van der Waals surface area contributed by atoms with E-state index in [4.69, 9.17) is 11.6 Å². The van der Waals surface area contributed by atoms with Gasteiger partial charge in [-0.15, -0.1) is 0 Å². The molecule has 3 rings (SSSR count). The molecule has 1 aromatic heterocycles. The van der Waals surface area contributed by atoms with Crippen LogP contribution in [0.1, 0.15) is 29.3 Å². The summed E-state index contributed by atoms with van der Waals surface area (Å²) in [5.74, 6) is 0.255. The second kappa shape index (κ2) is 4.76. The molecule has 1 aliphatic heterocycles. The lowest BCUT2D eigenvalue weighted by molar-refractivity contribution is -0.116. The molecule has 2 heterocycles. The van der Waals surface area contributed by atoms with Crippen LogP contribution in [0.2, 0.25) is 5.02 Å². The third kappa shape index (κ3) is 2.10. The Morgan fingerprint density at radius 1 is 1.30 bits per heavy atom. The molecule has 0 aliphatic carbocycles. The van der Waals surface area contributed by atoms with Gasteiger partial charge >= 0.3 is 0 Å². The first-order chi connectivity index (χ1) is 9.56. The number of aromatic amines is 1. The van der Waals surface area contributed by atoms with E-state index in [0.29, 0.717) is 22.2 Å². The molecule has 0 radical (unpaired) electrons. The molecule has 0 unspecified atom stereocenters. The number of anilines is 1. The summed E-state index contributed by atoms with van der Waals surface area (Å²) in [4.78, 5) is 30.9. The number of aromatic nitrogens is 2. The summed E-state index contributed by atoms with van der Waals surface area (Å²) in [6.45, 7) is 1.67. The predicted octanol–water partition coefficient (Wildman–Crippen LogP) is 2.21. The Hall–Kier alpha value is -2.14. The van der Waals surface area contributed by atoms with Crippen molar-refractivity contribution in [2.75, 3.05) is 5.32 Å². The number of nitrogens with zero attached hydrogens (tertiary/aromatic N) is 1. The summed E-state index contributed by atoms with van der Waals surface area (Å²) >= 11 is 6.19. The van der Waals surface area contributed by atoms with Crippen molar-refractivity contribution in [3.05, 3.63) is 56.6 Å². The van der Waals surface area contributed by atoms with E-state index >= 15 is 0 Å². The van der Waals surface area contributed by atoms with Crippen molar-refractivity contribution in [1.29, 1.82) is 0 Å². The molecule has 6 heteroatoms. The molecule has 2 N–H and O–H groups in total. The third-order valence-corrected chi connectivity index (χ3v) is 3.69.